The van der Waals surface area contributed by atoms with Gasteiger partial charge in [-0.25, -0.2) is 9.67 Å². The highest BCUT2D eigenvalue weighted by molar-refractivity contribution is 6.26. The maximum Gasteiger partial charge on any atom is 0.196 e. The maximum atomic E-state index is 13.4. The molecular formula is C26H17N3O. The van der Waals surface area contributed by atoms with Crippen molar-refractivity contribution in [3.63, 3.8) is 0 Å². The van der Waals surface area contributed by atoms with Crippen LogP contribution in [0.3, 0.4) is 0 Å². The van der Waals surface area contributed by atoms with Crippen molar-refractivity contribution in [2.24, 2.45) is 0 Å². The Morgan fingerprint density at radius 1 is 0.733 bits per heavy atom. The molecule has 4 heteroatoms. The van der Waals surface area contributed by atoms with E-state index in [0.717, 1.165) is 44.8 Å². The third-order valence-corrected chi connectivity index (χ3v) is 5.71. The number of aryl methyl sites for hydroxylation is 1. The third-order valence-electron chi connectivity index (χ3n) is 5.71. The summed E-state index contributed by atoms with van der Waals surface area (Å²) in [4.78, 5) is 18.5. The van der Waals surface area contributed by atoms with Gasteiger partial charge in [0.15, 0.2) is 11.4 Å². The Bertz CT molecular complexity index is 1450. The Kier molecular flexibility index (Phi) is 3.50. The first-order valence-electron chi connectivity index (χ1n) is 9.92. The first-order valence-corrected chi connectivity index (χ1v) is 9.92. The molecule has 0 saturated carbocycles. The second-order valence-electron chi connectivity index (χ2n) is 7.48. The molecule has 0 fully saturated rings. The number of benzene rings is 3. The average molecular weight is 387 g/mol. The van der Waals surface area contributed by atoms with Crippen LogP contribution in [-0.2, 0) is 0 Å². The monoisotopic (exact) mass is 387 g/mol. The molecule has 0 unspecified atom stereocenters. The summed E-state index contributed by atoms with van der Waals surface area (Å²) in [5.41, 5.74) is 7.48. The molecule has 4 nitrogen and oxygen atoms in total. The molecule has 6 rings (SSSR count). The van der Waals surface area contributed by atoms with Gasteiger partial charge in [0.1, 0.15) is 0 Å². The molecule has 0 radical (unpaired) electrons. The van der Waals surface area contributed by atoms with Crippen molar-refractivity contribution >= 4 is 16.8 Å². The predicted molar refractivity (Wildman–Crippen MR) is 118 cm³/mol. The minimum Gasteiger partial charge on any atom is -0.288 e. The van der Waals surface area contributed by atoms with Crippen LogP contribution in [0.5, 0.6) is 0 Å². The van der Waals surface area contributed by atoms with E-state index in [9.17, 15) is 4.79 Å². The number of pyridine rings is 1. The molecule has 1 aliphatic carbocycles. The lowest BCUT2D eigenvalue weighted by Crippen LogP contribution is -2.02. The zero-order valence-corrected chi connectivity index (χ0v) is 16.3. The van der Waals surface area contributed by atoms with E-state index in [1.54, 1.807) is 0 Å². The second-order valence-corrected chi connectivity index (χ2v) is 7.48. The number of rotatable bonds is 2. The van der Waals surface area contributed by atoms with Gasteiger partial charge in [-0.1, -0.05) is 72.8 Å². The van der Waals surface area contributed by atoms with Gasteiger partial charge in [-0.15, -0.1) is 0 Å². The van der Waals surface area contributed by atoms with Gasteiger partial charge in [-0.05, 0) is 24.6 Å². The first kappa shape index (κ1) is 16.9. The van der Waals surface area contributed by atoms with E-state index >= 15 is 0 Å². The van der Waals surface area contributed by atoms with Crippen molar-refractivity contribution < 1.29 is 4.79 Å². The topological polar surface area (TPSA) is 47.8 Å². The van der Waals surface area contributed by atoms with Crippen molar-refractivity contribution in [3.05, 3.63) is 102 Å². The van der Waals surface area contributed by atoms with Crippen LogP contribution in [0.25, 0.3) is 39.1 Å². The standard InChI is InChI=1S/C26H17N3O/c1-16-21-22(17-10-4-2-5-11-17)23-24(19-14-8-9-15-20(19)25(23)30)27-26(21)29(28-16)18-12-6-3-7-13-18/h2-15H,1H3. The van der Waals surface area contributed by atoms with E-state index in [1.807, 2.05) is 96.5 Å². The van der Waals surface area contributed by atoms with Crippen LogP contribution in [0.4, 0.5) is 0 Å². The molecule has 0 amide bonds. The van der Waals surface area contributed by atoms with Crippen LogP contribution in [0.2, 0.25) is 0 Å². The molecule has 5 aromatic rings. The van der Waals surface area contributed by atoms with Crippen LogP contribution in [-0.4, -0.2) is 20.5 Å². The quantitative estimate of drug-likeness (QED) is 0.388. The number of fused-ring (bicyclic) bond motifs is 4. The highest BCUT2D eigenvalue weighted by Crippen LogP contribution is 2.44. The Morgan fingerprint density at radius 3 is 2.10 bits per heavy atom. The summed E-state index contributed by atoms with van der Waals surface area (Å²) < 4.78 is 1.88. The molecule has 1 aliphatic rings. The summed E-state index contributed by atoms with van der Waals surface area (Å²) in [6.45, 7) is 1.98. The minimum atomic E-state index is 0.0284. The molecule has 142 valence electrons. The number of para-hydroxylation sites is 1. The molecule has 0 aliphatic heterocycles. The van der Waals surface area contributed by atoms with Crippen LogP contribution >= 0.6 is 0 Å². The number of ketones is 1. The molecular weight excluding hydrogens is 370 g/mol. The number of carbonyl (C=O) groups excluding carboxylic acids is 1. The smallest absolute Gasteiger partial charge is 0.196 e. The van der Waals surface area contributed by atoms with Crippen LogP contribution in [0.1, 0.15) is 21.6 Å². The van der Waals surface area contributed by atoms with E-state index in [-0.39, 0.29) is 5.78 Å². The fourth-order valence-electron chi connectivity index (χ4n) is 4.40. The lowest BCUT2D eigenvalue weighted by atomic mass is 9.94. The van der Waals surface area contributed by atoms with E-state index < -0.39 is 0 Å². The van der Waals surface area contributed by atoms with Gasteiger partial charge in [-0.2, -0.15) is 5.10 Å². The molecule has 2 heterocycles. The maximum absolute atomic E-state index is 13.4. The third kappa shape index (κ3) is 2.25. The minimum absolute atomic E-state index is 0.0284. The van der Waals surface area contributed by atoms with Crippen molar-refractivity contribution in [1.82, 2.24) is 14.8 Å². The van der Waals surface area contributed by atoms with Gasteiger partial charge in [0.25, 0.3) is 0 Å². The molecule has 0 N–H and O–H groups in total. The number of hydrogen-bond acceptors (Lipinski definition) is 3. The van der Waals surface area contributed by atoms with Crippen LogP contribution < -0.4 is 0 Å². The molecule has 0 spiro atoms. The van der Waals surface area contributed by atoms with Crippen molar-refractivity contribution in [2.45, 2.75) is 6.92 Å². The Labute approximate surface area is 173 Å². The molecule has 0 bridgehead atoms. The van der Waals surface area contributed by atoms with Crippen LogP contribution in [0.15, 0.2) is 84.9 Å². The summed E-state index contributed by atoms with van der Waals surface area (Å²) in [5, 5.41) is 5.73. The fourth-order valence-corrected chi connectivity index (χ4v) is 4.40. The fraction of sp³-hybridized carbons (Fsp3) is 0.0385. The summed E-state index contributed by atoms with van der Waals surface area (Å²) in [6, 6.07) is 27.8. The van der Waals surface area contributed by atoms with Crippen LogP contribution in [0, 0.1) is 6.92 Å². The van der Waals surface area contributed by atoms with Gasteiger partial charge in [0.05, 0.1) is 28.0 Å². The summed E-state index contributed by atoms with van der Waals surface area (Å²) >= 11 is 0. The van der Waals surface area contributed by atoms with Gasteiger partial charge >= 0.3 is 0 Å². The van der Waals surface area contributed by atoms with E-state index in [2.05, 4.69) is 0 Å². The zero-order valence-electron chi connectivity index (χ0n) is 16.3. The number of carbonyl (C=O) groups is 1. The van der Waals surface area contributed by atoms with Gasteiger partial charge in [-0.3, -0.25) is 4.79 Å². The Hall–Kier alpha value is -4.05. The lowest BCUT2D eigenvalue weighted by Gasteiger charge is -2.11. The molecule has 3 aromatic carbocycles. The van der Waals surface area contributed by atoms with Crippen molar-refractivity contribution in [2.75, 3.05) is 0 Å². The summed E-state index contributed by atoms with van der Waals surface area (Å²) in [7, 11) is 0. The van der Waals surface area contributed by atoms with Crippen molar-refractivity contribution in [3.8, 4) is 28.1 Å². The largest absolute Gasteiger partial charge is 0.288 e. The molecule has 2 aromatic heterocycles. The Morgan fingerprint density at radius 2 is 1.37 bits per heavy atom. The van der Waals surface area contributed by atoms with E-state index in [4.69, 9.17) is 10.1 Å². The van der Waals surface area contributed by atoms with Gasteiger partial charge in [0.2, 0.25) is 0 Å². The lowest BCUT2D eigenvalue weighted by molar-refractivity contribution is 0.104. The normalized spacial score (nSPS) is 12.2. The Balaban J connectivity index is 1.80. The number of aromatic nitrogens is 3. The van der Waals surface area contributed by atoms with Gasteiger partial charge in [0, 0.05) is 16.7 Å². The molecule has 30 heavy (non-hydrogen) atoms. The average Bonchev–Trinajstić information content (AvgIpc) is 3.29. The highest BCUT2D eigenvalue weighted by atomic mass is 16.1. The second kappa shape index (κ2) is 6.22. The summed E-state index contributed by atoms with van der Waals surface area (Å²) in [5.74, 6) is 0.0284. The van der Waals surface area contributed by atoms with E-state index in [0.29, 0.717) is 11.1 Å². The highest BCUT2D eigenvalue weighted by Gasteiger charge is 2.34. The molecule has 0 atom stereocenters. The number of nitrogens with zero attached hydrogens (tertiary/aromatic N) is 3. The van der Waals surface area contributed by atoms with E-state index in [1.165, 1.54) is 0 Å². The predicted octanol–water partition coefficient (Wildman–Crippen LogP) is 5.61. The zero-order chi connectivity index (χ0) is 20.2. The number of hydrogen-bond donors (Lipinski definition) is 0. The molecule has 0 saturated heterocycles. The SMILES string of the molecule is Cc1nn(-c2ccccc2)c2nc3c(c(-c4ccccc4)c12)C(=O)c1ccccc1-3. The van der Waals surface area contributed by atoms with Gasteiger partial charge < -0.3 is 0 Å². The van der Waals surface area contributed by atoms with Crippen molar-refractivity contribution in [1.29, 1.82) is 0 Å². The first-order chi connectivity index (χ1) is 14.7. The summed E-state index contributed by atoms with van der Waals surface area (Å²) in [6.07, 6.45) is 0.